The molecule has 0 saturated heterocycles. The molecular formula is C24H29FN2O. The average Bonchev–Trinajstić information content (AvgIpc) is 3.03. The zero-order chi connectivity index (χ0) is 19.8. The van der Waals surface area contributed by atoms with Crippen LogP contribution >= 0.6 is 0 Å². The smallest absolute Gasteiger partial charge is 0.147 e. The number of aryl methyl sites for hydroxylation is 3. The van der Waals surface area contributed by atoms with Crippen LogP contribution < -0.4 is 4.74 Å². The lowest BCUT2D eigenvalue weighted by atomic mass is 9.97. The van der Waals surface area contributed by atoms with Crippen LogP contribution in [0.1, 0.15) is 36.2 Å². The summed E-state index contributed by atoms with van der Waals surface area (Å²) in [6, 6.07) is 12.2. The summed E-state index contributed by atoms with van der Waals surface area (Å²) in [4.78, 5) is 2.49. The highest BCUT2D eigenvalue weighted by Gasteiger charge is 2.29. The Bertz CT molecular complexity index is 990. The molecule has 2 heterocycles. The van der Waals surface area contributed by atoms with E-state index in [2.05, 4.69) is 42.4 Å². The molecule has 1 atom stereocenters. The first-order valence-corrected chi connectivity index (χ1v) is 10.2. The highest BCUT2D eigenvalue weighted by molar-refractivity contribution is 5.89. The van der Waals surface area contributed by atoms with Gasteiger partial charge in [-0.15, -0.1) is 0 Å². The lowest BCUT2D eigenvalue weighted by Crippen LogP contribution is -2.38. The van der Waals surface area contributed by atoms with Gasteiger partial charge in [0, 0.05) is 36.6 Å². The number of likely N-dealkylation sites (N-methyl/N-ethyl adjacent to an activating group) is 1. The molecule has 0 amide bonds. The molecule has 148 valence electrons. The topological polar surface area (TPSA) is 17.4 Å². The predicted molar refractivity (Wildman–Crippen MR) is 113 cm³/mol. The van der Waals surface area contributed by atoms with Gasteiger partial charge in [-0.05, 0) is 61.7 Å². The Morgan fingerprint density at radius 2 is 1.89 bits per heavy atom. The SMILES string of the molecule is CCN1Cc2c(n(CCc3ccc(OC)cc3)c3c(F)ccc(C)c23)CC1C. The maximum atomic E-state index is 15.0. The first-order chi connectivity index (χ1) is 13.5. The molecule has 4 heteroatoms. The maximum Gasteiger partial charge on any atom is 0.147 e. The number of ether oxygens (including phenoxy) is 1. The molecule has 0 saturated carbocycles. The molecule has 28 heavy (non-hydrogen) atoms. The van der Waals surface area contributed by atoms with E-state index in [1.54, 1.807) is 13.2 Å². The van der Waals surface area contributed by atoms with E-state index in [-0.39, 0.29) is 5.82 Å². The minimum absolute atomic E-state index is 0.111. The van der Waals surface area contributed by atoms with Gasteiger partial charge in [-0.1, -0.05) is 25.1 Å². The Balaban J connectivity index is 1.76. The summed E-state index contributed by atoms with van der Waals surface area (Å²) in [6.07, 6.45) is 1.85. The van der Waals surface area contributed by atoms with Gasteiger partial charge in [-0.3, -0.25) is 4.90 Å². The fraction of sp³-hybridized carbons (Fsp3) is 0.417. The predicted octanol–water partition coefficient (Wildman–Crippen LogP) is 5.11. The van der Waals surface area contributed by atoms with Crippen LogP contribution in [0.25, 0.3) is 10.9 Å². The second-order valence-electron chi connectivity index (χ2n) is 7.88. The van der Waals surface area contributed by atoms with Crippen molar-refractivity contribution in [3.05, 3.63) is 64.6 Å². The molecule has 4 rings (SSSR count). The van der Waals surface area contributed by atoms with Gasteiger partial charge in [-0.25, -0.2) is 4.39 Å². The van der Waals surface area contributed by atoms with Crippen LogP contribution in [0.2, 0.25) is 0 Å². The fourth-order valence-corrected chi connectivity index (χ4v) is 4.63. The van der Waals surface area contributed by atoms with Crippen LogP contribution in [0, 0.1) is 12.7 Å². The third kappa shape index (κ3) is 3.20. The molecule has 3 nitrogen and oxygen atoms in total. The molecule has 0 bridgehead atoms. The van der Waals surface area contributed by atoms with E-state index in [1.165, 1.54) is 22.4 Å². The van der Waals surface area contributed by atoms with E-state index in [0.717, 1.165) is 49.1 Å². The van der Waals surface area contributed by atoms with Gasteiger partial charge >= 0.3 is 0 Å². The van der Waals surface area contributed by atoms with Crippen LogP contribution in [0.15, 0.2) is 36.4 Å². The molecule has 0 radical (unpaired) electrons. The quantitative estimate of drug-likeness (QED) is 0.612. The van der Waals surface area contributed by atoms with Gasteiger partial charge in [0.2, 0.25) is 0 Å². The normalized spacial score (nSPS) is 17.1. The largest absolute Gasteiger partial charge is 0.497 e. The first-order valence-electron chi connectivity index (χ1n) is 10.2. The standard InChI is InChI=1S/C24H29FN2O/c1-5-26-15-20-22(14-17(26)3)27(24-21(25)11-6-16(2)23(20)24)13-12-18-7-9-19(28-4)10-8-18/h6-11,17H,5,12-15H2,1-4H3. The van der Waals surface area contributed by atoms with Crippen LogP contribution in [0.5, 0.6) is 5.75 Å². The molecule has 0 spiro atoms. The fourth-order valence-electron chi connectivity index (χ4n) is 4.63. The van der Waals surface area contributed by atoms with E-state index in [9.17, 15) is 4.39 Å². The summed E-state index contributed by atoms with van der Waals surface area (Å²) in [5.74, 6) is 0.753. The third-order valence-electron chi connectivity index (χ3n) is 6.25. The van der Waals surface area contributed by atoms with Crippen LogP contribution in [-0.4, -0.2) is 29.2 Å². The van der Waals surface area contributed by atoms with Crippen molar-refractivity contribution in [2.75, 3.05) is 13.7 Å². The second-order valence-corrected chi connectivity index (χ2v) is 7.88. The number of methoxy groups -OCH3 is 1. The minimum Gasteiger partial charge on any atom is -0.497 e. The monoisotopic (exact) mass is 380 g/mol. The molecular weight excluding hydrogens is 351 g/mol. The van der Waals surface area contributed by atoms with Crippen LogP contribution in [0.3, 0.4) is 0 Å². The number of halogens is 1. The maximum absolute atomic E-state index is 15.0. The summed E-state index contributed by atoms with van der Waals surface area (Å²) in [7, 11) is 1.68. The molecule has 1 aliphatic heterocycles. The van der Waals surface area contributed by atoms with E-state index < -0.39 is 0 Å². The Hall–Kier alpha value is -2.33. The zero-order valence-corrected chi connectivity index (χ0v) is 17.3. The van der Waals surface area contributed by atoms with Crippen LogP contribution in [0.4, 0.5) is 4.39 Å². The molecule has 0 aliphatic carbocycles. The number of fused-ring (bicyclic) bond motifs is 3. The number of rotatable bonds is 5. The molecule has 1 aromatic heterocycles. The molecule has 0 N–H and O–H groups in total. The van der Waals surface area contributed by atoms with Crippen molar-refractivity contribution in [3.8, 4) is 5.75 Å². The van der Waals surface area contributed by atoms with Gasteiger partial charge in [0.05, 0.1) is 12.6 Å². The number of nitrogens with zero attached hydrogens (tertiary/aromatic N) is 2. The zero-order valence-electron chi connectivity index (χ0n) is 17.3. The van der Waals surface area contributed by atoms with E-state index >= 15 is 0 Å². The summed E-state index contributed by atoms with van der Waals surface area (Å²) in [6.45, 7) is 9.30. The van der Waals surface area contributed by atoms with Crippen molar-refractivity contribution in [1.29, 1.82) is 0 Å². The van der Waals surface area contributed by atoms with Gasteiger partial charge in [0.1, 0.15) is 11.6 Å². The molecule has 3 aromatic rings. The third-order valence-corrected chi connectivity index (χ3v) is 6.25. The first kappa shape index (κ1) is 19.0. The molecule has 0 fully saturated rings. The lowest BCUT2D eigenvalue weighted by molar-refractivity contribution is 0.192. The van der Waals surface area contributed by atoms with Crippen molar-refractivity contribution >= 4 is 10.9 Å². The Labute approximate surface area is 166 Å². The van der Waals surface area contributed by atoms with Crippen molar-refractivity contribution in [3.63, 3.8) is 0 Å². The summed E-state index contributed by atoms with van der Waals surface area (Å²) >= 11 is 0. The van der Waals surface area contributed by atoms with Crippen LogP contribution in [-0.2, 0) is 25.9 Å². The van der Waals surface area contributed by atoms with E-state index in [1.807, 2.05) is 18.2 Å². The number of benzene rings is 2. The summed E-state index contributed by atoms with van der Waals surface area (Å²) in [5, 5.41) is 1.12. The highest BCUT2D eigenvalue weighted by Crippen LogP contribution is 2.36. The summed E-state index contributed by atoms with van der Waals surface area (Å²) < 4.78 is 22.5. The number of hydrogen-bond acceptors (Lipinski definition) is 2. The van der Waals surface area contributed by atoms with Crippen molar-refractivity contribution < 1.29 is 9.13 Å². The minimum atomic E-state index is -0.111. The summed E-state index contributed by atoms with van der Waals surface area (Å²) in [5.41, 5.74) is 5.82. The van der Waals surface area contributed by atoms with Crippen molar-refractivity contribution in [2.45, 2.75) is 52.7 Å². The molecule has 2 aromatic carbocycles. The van der Waals surface area contributed by atoms with Gasteiger partial charge in [0.15, 0.2) is 0 Å². The molecule has 1 unspecified atom stereocenters. The van der Waals surface area contributed by atoms with Gasteiger partial charge < -0.3 is 9.30 Å². The lowest BCUT2D eigenvalue weighted by Gasteiger charge is -2.33. The van der Waals surface area contributed by atoms with E-state index in [4.69, 9.17) is 4.74 Å². The van der Waals surface area contributed by atoms with Gasteiger partial charge in [0.25, 0.3) is 0 Å². The second kappa shape index (κ2) is 7.59. The van der Waals surface area contributed by atoms with Gasteiger partial charge in [-0.2, -0.15) is 0 Å². The Kier molecular flexibility index (Phi) is 5.15. The average molecular weight is 381 g/mol. The number of hydrogen-bond donors (Lipinski definition) is 0. The Morgan fingerprint density at radius 3 is 2.57 bits per heavy atom. The van der Waals surface area contributed by atoms with E-state index in [0.29, 0.717) is 6.04 Å². The number of aromatic nitrogens is 1. The van der Waals surface area contributed by atoms with Crippen molar-refractivity contribution in [2.24, 2.45) is 0 Å². The highest BCUT2D eigenvalue weighted by atomic mass is 19.1. The molecule has 1 aliphatic rings. The Morgan fingerprint density at radius 1 is 1.14 bits per heavy atom. The van der Waals surface area contributed by atoms with Crippen molar-refractivity contribution in [1.82, 2.24) is 9.47 Å².